The molecule has 18 nitrogen and oxygen atoms in total. The molecule has 18 heteroatoms. The summed E-state index contributed by atoms with van der Waals surface area (Å²) in [5.74, 6) is -4.81. The molecule has 0 spiro atoms. The van der Waals surface area contributed by atoms with Crippen LogP contribution in [0.5, 0.6) is 0 Å². The fourth-order valence-corrected chi connectivity index (χ4v) is 2.21. The van der Waals surface area contributed by atoms with Crippen LogP contribution in [-0.2, 0) is 38.4 Å². The van der Waals surface area contributed by atoms with E-state index in [0.29, 0.717) is 0 Å². The maximum absolute atomic E-state index is 12.4. The topological polar surface area (TPSA) is 270 Å². The van der Waals surface area contributed by atoms with E-state index in [-0.39, 0.29) is 32.2 Å². The van der Waals surface area contributed by atoms with E-state index in [1.165, 1.54) is 0 Å². The van der Waals surface area contributed by atoms with Crippen LogP contribution in [0, 0.1) is 20.2 Å². The summed E-state index contributed by atoms with van der Waals surface area (Å²) in [6, 6.07) is -2.67. The molecule has 1 unspecified atom stereocenters. The fourth-order valence-electron chi connectivity index (χ4n) is 2.21. The predicted octanol–water partition coefficient (Wildman–Crippen LogP) is -2.52. The number of aliphatic carboxylic acids is 1. The minimum absolute atomic E-state index is 0.0499. The van der Waals surface area contributed by atoms with Crippen molar-refractivity contribution in [2.75, 3.05) is 19.8 Å². The smallest absolute Gasteiger partial charge is 0.328 e. The van der Waals surface area contributed by atoms with Gasteiger partial charge in [0.2, 0.25) is 11.7 Å². The van der Waals surface area contributed by atoms with E-state index >= 15 is 0 Å². The van der Waals surface area contributed by atoms with Gasteiger partial charge in [0.05, 0.1) is 0 Å². The molecule has 5 N–H and O–H groups in total. The van der Waals surface area contributed by atoms with Gasteiger partial charge in [0.15, 0.2) is 6.10 Å². The van der Waals surface area contributed by atoms with E-state index in [4.69, 9.17) is 15.6 Å². The number of Topliss-reactive ketones (excluding diaryl/α,β-unsaturated/α-hetero) is 1. The number of carbonyl (C=O) groups excluding carboxylic acids is 4. The molecule has 0 radical (unpaired) electrons. The van der Waals surface area contributed by atoms with Crippen molar-refractivity contribution in [3.8, 4) is 0 Å². The van der Waals surface area contributed by atoms with Crippen LogP contribution >= 0.6 is 0 Å². The van der Waals surface area contributed by atoms with Gasteiger partial charge < -0.3 is 35.9 Å². The van der Waals surface area contributed by atoms with Crippen molar-refractivity contribution in [3.63, 3.8) is 0 Å². The number of rotatable bonds is 18. The Morgan fingerprint density at radius 3 is 2.24 bits per heavy atom. The van der Waals surface area contributed by atoms with Gasteiger partial charge in [0, 0.05) is 19.9 Å². The van der Waals surface area contributed by atoms with E-state index in [0.717, 1.165) is 6.92 Å². The zero-order valence-corrected chi connectivity index (χ0v) is 18.0. The predicted molar refractivity (Wildman–Crippen MR) is 105 cm³/mol. The Bertz CT molecular complexity index is 774. The zero-order valence-electron chi connectivity index (χ0n) is 18.0. The highest BCUT2D eigenvalue weighted by atomic mass is 17.0. The van der Waals surface area contributed by atoms with Gasteiger partial charge in [-0.2, -0.15) is 0 Å². The third-order valence-electron chi connectivity index (χ3n) is 3.91. The molecule has 34 heavy (non-hydrogen) atoms. The molecule has 3 atom stereocenters. The number of nitrogens with zero attached hydrogens (tertiary/aromatic N) is 2. The molecule has 2 amide bonds. The Morgan fingerprint density at radius 2 is 1.71 bits per heavy atom. The maximum atomic E-state index is 12.4. The Labute approximate surface area is 191 Å². The van der Waals surface area contributed by atoms with Crippen LogP contribution in [0.1, 0.15) is 32.6 Å². The number of carbonyl (C=O) groups is 5. The van der Waals surface area contributed by atoms with Crippen molar-refractivity contribution in [1.29, 1.82) is 0 Å². The lowest BCUT2D eigenvalue weighted by Crippen LogP contribution is -2.44. The van der Waals surface area contributed by atoms with Crippen LogP contribution in [0.2, 0.25) is 0 Å². The lowest BCUT2D eigenvalue weighted by molar-refractivity contribution is -0.790. The van der Waals surface area contributed by atoms with Crippen LogP contribution < -0.4 is 16.4 Å². The van der Waals surface area contributed by atoms with E-state index < -0.39 is 71.1 Å². The second-order valence-corrected chi connectivity index (χ2v) is 6.66. The third-order valence-corrected chi connectivity index (χ3v) is 3.91. The SMILES string of the molecule is CC(=O)C(=O)NCCC[C@H](NC(=O)CCC(N)C(=O)O)C(=O)OC[C@@H](CO[N+](=O)[O-])O[N+](=O)[O-]. The number of carboxylic acid groups (broad SMARTS) is 1. The molecular weight excluding hydrogens is 470 g/mol. The number of ether oxygens (including phenoxy) is 1. The Morgan fingerprint density at radius 1 is 1.06 bits per heavy atom. The summed E-state index contributed by atoms with van der Waals surface area (Å²) < 4.78 is 4.83. The Balaban J connectivity index is 5.04. The molecule has 0 bridgehead atoms. The van der Waals surface area contributed by atoms with E-state index in [2.05, 4.69) is 20.3 Å². The van der Waals surface area contributed by atoms with Crippen LogP contribution in [0.15, 0.2) is 0 Å². The van der Waals surface area contributed by atoms with Crippen LogP contribution in [-0.4, -0.2) is 82.8 Å². The number of amides is 2. The van der Waals surface area contributed by atoms with Gasteiger partial charge in [-0.3, -0.25) is 19.2 Å². The molecule has 0 saturated carbocycles. The molecule has 0 aromatic rings. The first kappa shape index (κ1) is 29.9. The maximum Gasteiger partial charge on any atom is 0.328 e. The number of ketones is 1. The first-order valence-corrected chi connectivity index (χ1v) is 9.65. The highest BCUT2D eigenvalue weighted by molar-refractivity contribution is 6.35. The molecule has 0 aliphatic heterocycles. The highest BCUT2D eigenvalue weighted by Crippen LogP contribution is 2.05. The summed E-state index contributed by atoms with van der Waals surface area (Å²) in [4.78, 5) is 86.2. The van der Waals surface area contributed by atoms with Crippen molar-refractivity contribution < 1.29 is 53.7 Å². The van der Waals surface area contributed by atoms with Crippen molar-refractivity contribution in [1.82, 2.24) is 10.6 Å². The third kappa shape index (κ3) is 14.1. The molecule has 0 aliphatic rings. The summed E-state index contributed by atoms with van der Waals surface area (Å²) in [6.45, 7) is -0.775. The molecule has 0 saturated heterocycles. The van der Waals surface area contributed by atoms with Gasteiger partial charge in [-0.1, -0.05) is 0 Å². The quantitative estimate of drug-likeness (QED) is 0.0502. The minimum atomic E-state index is -1.65. The number of carboxylic acids is 1. The lowest BCUT2D eigenvalue weighted by atomic mass is 10.1. The molecule has 192 valence electrons. The second kappa shape index (κ2) is 15.7. The van der Waals surface area contributed by atoms with Crippen molar-refractivity contribution >= 4 is 29.5 Å². The lowest BCUT2D eigenvalue weighted by Gasteiger charge is -2.20. The molecular formula is C16H25N5O13. The number of nitrogens with one attached hydrogen (secondary N) is 2. The molecule has 0 fully saturated rings. The average molecular weight is 495 g/mol. The van der Waals surface area contributed by atoms with Crippen molar-refractivity contribution in [3.05, 3.63) is 20.2 Å². The zero-order chi connectivity index (χ0) is 26.3. The second-order valence-electron chi connectivity index (χ2n) is 6.66. The molecule has 0 heterocycles. The number of hydrogen-bond acceptors (Lipinski definition) is 13. The fraction of sp³-hybridized carbons (Fsp3) is 0.688. The largest absolute Gasteiger partial charge is 0.480 e. The van der Waals surface area contributed by atoms with E-state index in [1.54, 1.807) is 0 Å². The Kier molecular flexibility index (Phi) is 13.8. The normalized spacial score (nSPS) is 12.9. The monoisotopic (exact) mass is 495 g/mol. The highest BCUT2D eigenvalue weighted by Gasteiger charge is 2.25. The summed E-state index contributed by atoms with van der Waals surface area (Å²) in [5.41, 5.74) is 5.31. The van der Waals surface area contributed by atoms with Crippen LogP contribution in [0.4, 0.5) is 0 Å². The standard InChI is InChI=1S/C16H25N5O13/c1-9(22)14(24)18-6-2-3-12(19-13(23)5-4-11(17)15(25)26)16(27)32-7-10(34-21(30)31)8-33-20(28)29/h10-12H,2-8,17H2,1H3,(H,18,24)(H,19,23)(H,25,26)/t10-,11?,12-/m0/s1. The number of esters is 1. The molecule has 0 aliphatic carbocycles. The summed E-state index contributed by atoms with van der Waals surface area (Å²) in [7, 11) is 0. The Hall–Kier alpha value is -4.09. The van der Waals surface area contributed by atoms with Gasteiger partial charge in [-0.15, -0.1) is 20.2 Å². The summed E-state index contributed by atoms with van der Waals surface area (Å²) in [5, 5.41) is 31.5. The summed E-state index contributed by atoms with van der Waals surface area (Å²) in [6.07, 6.45) is -2.30. The van der Waals surface area contributed by atoms with Crippen LogP contribution in [0.25, 0.3) is 0 Å². The minimum Gasteiger partial charge on any atom is -0.480 e. The molecule has 0 aromatic heterocycles. The van der Waals surface area contributed by atoms with Crippen molar-refractivity contribution in [2.24, 2.45) is 5.73 Å². The number of nitrogens with two attached hydrogens (primary N) is 1. The molecule has 0 rings (SSSR count). The van der Waals surface area contributed by atoms with Gasteiger partial charge in [0.25, 0.3) is 16.1 Å². The first-order chi connectivity index (χ1) is 15.8. The van der Waals surface area contributed by atoms with Gasteiger partial charge >= 0.3 is 11.9 Å². The van der Waals surface area contributed by atoms with E-state index in [9.17, 15) is 44.2 Å². The van der Waals surface area contributed by atoms with Gasteiger partial charge in [0.1, 0.15) is 25.3 Å². The van der Waals surface area contributed by atoms with Gasteiger partial charge in [-0.25, -0.2) is 4.79 Å². The van der Waals surface area contributed by atoms with Crippen molar-refractivity contribution in [2.45, 2.75) is 50.8 Å². The molecule has 0 aromatic carbocycles. The van der Waals surface area contributed by atoms with Gasteiger partial charge in [-0.05, 0) is 19.3 Å². The number of hydrogen-bond donors (Lipinski definition) is 4. The first-order valence-electron chi connectivity index (χ1n) is 9.65. The van der Waals surface area contributed by atoms with Crippen LogP contribution in [0.3, 0.4) is 0 Å². The summed E-state index contributed by atoms with van der Waals surface area (Å²) >= 11 is 0. The average Bonchev–Trinajstić information content (AvgIpc) is 2.74. The van der Waals surface area contributed by atoms with E-state index in [1.807, 2.05) is 0 Å².